The molecule has 0 radical (unpaired) electrons. The molecule has 0 aliphatic heterocycles. The average Bonchev–Trinajstić information content (AvgIpc) is 2.65. The molecule has 0 aliphatic carbocycles. The van der Waals surface area contributed by atoms with Crippen LogP contribution in [0.25, 0.3) is 0 Å². The van der Waals surface area contributed by atoms with E-state index in [2.05, 4.69) is 64.3 Å². The van der Waals surface area contributed by atoms with E-state index >= 15 is 0 Å². The van der Waals surface area contributed by atoms with Crippen molar-refractivity contribution < 1.29 is 0 Å². The topological polar surface area (TPSA) is 77.4 Å². The van der Waals surface area contributed by atoms with Gasteiger partial charge in [0.2, 0.25) is 0 Å². The zero-order valence-electron chi connectivity index (χ0n) is 18.1. The van der Waals surface area contributed by atoms with E-state index < -0.39 is 0 Å². The standard InChI is InChI=1S/C21H38N6S2/c1-17(2)16-19-4-6-20(7-5-19)26-21(29)25-12-15-27(13-8-22)14-11-23-9-10-24-18(3)28/h4-7,17,23H,8-16,22H2,1-3H3,(H,24,28)(H2,25,26,29). The molecule has 164 valence electrons. The van der Waals surface area contributed by atoms with Crippen molar-refractivity contribution in [3.8, 4) is 0 Å². The second-order valence-electron chi connectivity index (χ2n) is 7.54. The third-order valence-electron chi connectivity index (χ3n) is 4.30. The highest BCUT2D eigenvalue weighted by Gasteiger charge is 2.05. The Kier molecular flexibility index (Phi) is 13.8. The van der Waals surface area contributed by atoms with Crippen LogP contribution in [-0.4, -0.2) is 67.4 Å². The molecule has 0 aliphatic rings. The maximum atomic E-state index is 5.75. The Labute approximate surface area is 187 Å². The Morgan fingerprint density at radius 3 is 2.28 bits per heavy atom. The molecule has 0 saturated carbocycles. The lowest BCUT2D eigenvalue weighted by Gasteiger charge is -2.22. The zero-order chi connectivity index (χ0) is 21.5. The van der Waals surface area contributed by atoms with Crippen molar-refractivity contribution in [3.63, 3.8) is 0 Å². The third kappa shape index (κ3) is 13.5. The van der Waals surface area contributed by atoms with Crippen LogP contribution in [0, 0.1) is 5.92 Å². The van der Waals surface area contributed by atoms with Gasteiger partial charge in [0.05, 0.1) is 4.99 Å². The van der Waals surface area contributed by atoms with Crippen LogP contribution in [0.5, 0.6) is 0 Å². The summed E-state index contributed by atoms with van der Waals surface area (Å²) in [6, 6.07) is 8.48. The van der Waals surface area contributed by atoms with Gasteiger partial charge in [0.1, 0.15) is 0 Å². The van der Waals surface area contributed by atoms with Gasteiger partial charge in [-0.25, -0.2) is 0 Å². The minimum Gasteiger partial charge on any atom is -0.379 e. The van der Waals surface area contributed by atoms with E-state index in [-0.39, 0.29) is 0 Å². The summed E-state index contributed by atoms with van der Waals surface area (Å²) in [6.07, 6.45) is 1.09. The molecule has 6 nitrogen and oxygen atoms in total. The van der Waals surface area contributed by atoms with Gasteiger partial charge in [0.15, 0.2) is 5.11 Å². The lowest BCUT2D eigenvalue weighted by Crippen LogP contribution is -2.42. The fourth-order valence-corrected chi connectivity index (χ4v) is 3.23. The van der Waals surface area contributed by atoms with Crippen molar-refractivity contribution in [1.82, 2.24) is 20.9 Å². The number of hydrogen-bond acceptors (Lipinski definition) is 5. The van der Waals surface area contributed by atoms with E-state index in [1.165, 1.54) is 5.56 Å². The van der Waals surface area contributed by atoms with Gasteiger partial charge in [-0.1, -0.05) is 38.2 Å². The SMILES string of the molecule is CC(=S)NCCNCCN(CCN)CCNC(=S)Nc1ccc(CC(C)C)cc1. The summed E-state index contributed by atoms with van der Waals surface area (Å²) in [4.78, 5) is 3.17. The maximum absolute atomic E-state index is 5.75. The average molecular weight is 439 g/mol. The highest BCUT2D eigenvalue weighted by atomic mass is 32.1. The van der Waals surface area contributed by atoms with Crippen molar-refractivity contribution in [2.24, 2.45) is 11.7 Å². The Balaban J connectivity index is 2.24. The lowest BCUT2D eigenvalue weighted by molar-refractivity contribution is 0.285. The van der Waals surface area contributed by atoms with Crippen LogP contribution >= 0.6 is 24.4 Å². The Bertz CT molecular complexity index is 591. The summed E-state index contributed by atoms with van der Waals surface area (Å²) in [7, 11) is 0. The molecule has 1 aromatic rings. The summed E-state index contributed by atoms with van der Waals surface area (Å²) in [5.41, 5.74) is 8.11. The predicted molar refractivity (Wildman–Crippen MR) is 134 cm³/mol. The van der Waals surface area contributed by atoms with Crippen LogP contribution < -0.4 is 27.0 Å². The highest BCUT2D eigenvalue weighted by Crippen LogP contribution is 2.12. The van der Waals surface area contributed by atoms with Gasteiger partial charge in [0, 0.05) is 58.0 Å². The fraction of sp³-hybridized carbons (Fsp3) is 0.619. The second kappa shape index (κ2) is 15.5. The van der Waals surface area contributed by atoms with Gasteiger partial charge in [0.25, 0.3) is 0 Å². The van der Waals surface area contributed by atoms with Crippen LogP contribution in [0.3, 0.4) is 0 Å². The van der Waals surface area contributed by atoms with Crippen molar-refractivity contribution in [2.45, 2.75) is 27.2 Å². The number of nitrogens with zero attached hydrogens (tertiary/aromatic N) is 1. The first-order valence-electron chi connectivity index (χ1n) is 10.4. The number of nitrogens with one attached hydrogen (secondary N) is 4. The number of benzene rings is 1. The van der Waals surface area contributed by atoms with Gasteiger partial charge in [-0.05, 0) is 49.2 Å². The number of rotatable bonds is 14. The van der Waals surface area contributed by atoms with Gasteiger partial charge in [-0.2, -0.15) is 0 Å². The Hall–Kier alpha value is -1.32. The Morgan fingerprint density at radius 1 is 0.966 bits per heavy atom. The van der Waals surface area contributed by atoms with Crippen LogP contribution in [0.15, 0.2) is 24.3 Å². The van der Waals surface area contributed by atoms with Gasteiger partial charge in [-0.3, -0.25) is 4.90 Å². The quantitative estimate of drug-likeness (QED) is 0.223. The summed E-state index contributed by atoms with van der Waals surface area (Å²) in [6.45, 7) is 13.2. The molecule has 0 aromatic heterocycles. The smallest absolute Gasteiger partial charge is 0.170 e. The van der Waals surface area contributed by atoms with Crippen molar-refractivity contribution in [1.29, 1.82) is 0 Å². The number of anilines is 1. The van der Waals surface area contributed by atoms with Gasteiger partial charge in [-0.15, -0.1) is 0 Å². The molecule has 0 atom stereocenters. The molecule has 0 unspecified atom stereocenters. The second-order valence-corrected chi connectivity index (χ2v) is 8.56. The van der Waals surface area contributed by atoms with Crippen LogP contribution in [0.4, 0.5) is 5.69 Å². The monoisotopic (exact) mass is 438 g/mol. The van der Waals surface area contributed by atoms with E-state index in [0.717, 1.165) is 62.9 Å². The molecule has 1 aromatic carbocycles. The molecule has 0 heterocycles. The van der Waals surface area contributed by atoms with Gasteiger partial charge >= 0.3 is 0 Å². The minimum atomic E-state index is 0.647. The van der Waals surface area contributed by atoms with Crippen LogP contribution in [0.1, 0.15) is 26.3 Å². The van der Waals surface area contributed by atoms with E-state index in [9.17, 15) is 0 Å². The minimum absolute atomic E-state index is 0.647. The zero-order valence-corrected chi connectivity index (χ0v) is 19.7. The van der Waals surface area contributed by atoms with E-state index in [1.807, 2.05) is 6.92 Å². The first-order chi connectivity index (χ1) is 13.9. The molecule has 0 amide bonds. The van der Waals surface area contributed by atoms with Crippen molar-refractivity contribution >= 4 is 40.2 Å². The van der Waals surface area contributed by atoms with Crippen molar-refractivity contribution in [3.05, 3.63) is 29.8 Å². The molecule has 8 heteroatoms. The predicted octanol–water partition coefficient (Wildman–Crippen LogP) is 1.96. The Morgan fingerprint density at radius 2 is 1.66 bits per heavy atom. The van der Waals surface area contributed by atoms with Crippen LogP contribution in [-0.2, 0) is 6.42 Å². The summed E-state index contributed by atoms with van der Waals surface area (Å²) < 4.78 is 0. The fourth-order valence-electron chi connectivity index (χ4n) is 2.91. The summed E-state index contributed by atoms with van der Waals surface area (Å²) in [5, 5.41) is 13.7. The maximum Gasteiger partial charge on any atom is 0.170 e. The van der Waals surface area contributed by atoms with Crippen molar-refractivity contribution in [2.75, 3.05) is 57.7 Å². The molecule has 1 rings (SSSR count). The molecule has 0 fully saturated rings. The number of thiocarbonyl (C=S) groups is 2. The first kappa shape index (κ1) is 25.7. The summed E-state index contributed by atoms with van der Waals surface area (Å²) in [5.74, 6) is 0.662. The van der Waals surface area contributed by atoms with Crippen LogP contribution in [0.2, 0.25) is 0 Å². The molecule has 0 saturated heterocycles. The molecular formula is C21H38N6S2. The van der Waals surface area contributed by atoms with Gasteiger partial charge < -0.3 is 27.0 Å². The molecule has 6 N–H and O–H groups in total. The number of hydrogen-bond donors (Lipinski definition) is 5. The lowest BCUT2D eigenvalue weighted by atomic mass is 10.0. The number of nitrogens with two attached hydrogens (primary N) is 1. The third-order valence-corrected chi connectivity index (χ3v) is 4.69. The van der Waals surface area contributed by atoms with E-state index in [4.69, 9.17) is 30.2 Å². The highest BCUT2D eigenvalue weighted by molar-refractivity contribution is 7.80. The molecule has 0 spiro atoms. The normalized spacial score (nSPS) is 11.0. The first-order valence-corrected chi connectivity index (χ1v) is 11.2. The molecule has 0 bridgehead atoms. The molecular weight excluding hydrogens is 400 g/mol. The van der Waals surface area contributed by atoms with E-state index in [0.29, 0.717) is 17.6 Å². The van der Waals surface area contributed by atoms with E-state index in [1.54, 1.807) is 0 Å². The molecule has 29 heavy (non-hydrogen) atoms. The summed E-state index contributed by atoms with van der Waals surface area (Å²) >= 11 is 10.4. The largest absolute Gasteiger partial charge is 0.379 e.